The zero-order valence-electron chi connectivity index (χ0n) is 9.08. The number of benzene rings is 2. The minimum Gasteiger partial charge on any atom is -0.399 e. The molecule has 2 rings (SSSR count). The molecule has 0 spiro atoms. The van der Waals surface area contributed by atoms with Crippen molar-refractivity contribution in [2.24, 2.45) is 0 Å². The number of anilines is 2. The van der Waals surface area contributed by atoms with Crippen LogP contribution < -0.4 is 11.1 Å². The van der Waals surface area contributed by atoms with Crippen molar-refractivity contribution in [3.05, 3.63) is 56.6 Å². The van der Waals surface area contributed by atoms with Gasteiger partial charge in [-0.3, -0.25) is 0 Å². The lowest BCUT2D eigenvalue weighted by Gasteiger charge is -2.09. The fraction of sp³-hybridized carbons (Fsp3) is 0.0769. The molecular weight excluding hydrogens is 347 g/mol. The van der Waals surface area contributed by atoms with Crippen LogP contribution >= 0.6 is 34.2 Å². The fourth-order valence-corrected chi connectivity index (χ4v) is 2.46. The summed E-state index contributed by atoms with van der Waals surface area (Å²) in [7, 11) is 0. The van der Waals surface area contributed by atoms with Gasteiger partial charge in [0.05, 0.1) is 0 Å². The normalized spacial score (nSPS) is 10.2. The van der Waals surface area contributed by atoms with Crippen LogP contribution in [0.4, 0.5) is 11.4 Å². The van der Waals surface area contributed by atoms with Crippen molar-refractivity contribution < 1.29 is 0 Å². The minimum atomic E-state index is 0.750. The highest BCUT2D eigenvalue weighted by atomic mass is 127. The number of nitrogen functional groups attached to an aromatic ring is 1. The van der Waals surface area contributed by atoms with Crippen LogP contribution in [0, 0.1) is 3.57 Å². The Morgan fingerprint density at radius 1 is 1.18 bits per heavy atom. The first-order valence-corrected chi connectivity index (χ1v) is 6.64. The molecule has 0 saturated carbocycles. The van der Waals surface area contributed by atoms with Gasteiger partial charge in [0.2, 0.25) is 0 Å². The second kappa shape index (κ2) is 5.60. The third kappa shape index (κ3) is 3.51. The molecule has 0 saturated heterocycles. The van der Waals surface area contributed by atoms with Crippen molar-refractivity contribution in [2.75, 3.05) is 11.1 Å². The van der Waals surface area contributed by atoms with Crippen LogP contribution in [0.15, 0.2) is 42.5 Å². The van der Waals surface area contributed by atoms with Crippen molar-refractivity contribution in [3.63, 3.8) is 0 Å². The smallest absolute Gasteiger partial charge is 0.0480 e. The van der Waals surface area contributed by atoms with Crippen LogP contribution in [0.5, 0.6) is 0 Å². The molecule has 0 bridgehead atoms. The summed E-state index contributed by atoms with van der Waals surface area (Å²) in [6.45, 7) is 0.750. The van der Waals surface area contributed by atoms with Gasteiger partial charge in [-0.05, 0) is 58.5 Å². The van der Waals surface area contributed by atoms with Gasteiger partial charge in [-0.15, -0.1) is 0 Å². The zero-order chi connectivity index (χ0) is 12.3. The van der Waals surface area contributed by atoms with E-state index in [9.17, 15) is 0 Å². The maximum absolute atomic E-state index is 5.93. The summed E-state index contributed by atoms with van der Waals surface area (Å²) in [5, 5.41) is 4.12. The maximum atomic E-state index is 5.93. The first-order chi connectivity index (χ1) is 8.15. The lowest BCUT2D eigenvalue weighted by Crippen LogP contribution is -2.01. The van der Waals surface area contributed by atoms with E-state index >= 15 is 0 Å². The Morgan fingerprint density at radius 2 is 2.00 bits per heavy atom. The molecule has 0 amide bonds. The number of nitrogens with two attached hydrogens (primary N) is 1. The number of hydrogen-bond acceptors (Lipinski definition) is 2. The number of hydrogen-bond donors (Lipinski definition) is 2. The number of rotatable bonds is 3. The molecule has 17 heavy (non-hydrogen) atoms. The van der Waals surface area contributed by atoms with Gasteiger partial charge in [-0.25, -0.2) is 0 Å². The molecule has 4 heteroatoms. The van der Waals surface area contributed by atoms with Gasteiger partial charge in [0.25, 0.3) is 0 Å². The molecule has 0 fully saturated rings. The van der Waals surface area contributed by atoms with Crippen molar-refractivity contribution in [1.29, 1.82) is 0 Å². The summed E-state index contributed by atoms with van der Waals surface area (Å²) in [5.41, 5.74) is 8.73. The van der Waals surface area contributed by atoms with E-state index in [2.05, 4.69) is 27.9 Å². The molecule has 2 aromatic rings. The van der Waals surface area contributed by atoms with Crippen LogP contribution in [-0.4, -0.2) is 0 Å². The van der Waals surface area contributed by atoms with Crippen molar-refractivity contribution in [1.82, 2.24) is 0 Å². The Bertz CT molecular complexity index is 529. The molecule has 2 aromatic carbocycles. The average molecular weight is 359 g/mol. The van der Waals surface area contributed by atoms with Gasteiger partial charge in [0.1, 0.15) is 0 Å². The van der Waals surface area contributed by atoms with E-state index in [-0.39, 0.29) is 0 Å². The number of nitrogens with one attached hydrogen (secondary N) is 1. The van der Waals surface area contributed by atoms with Crippen molar-refractivity contribution in [3.8, 4) is 0 Å². The molecule has 0 aliphatic carbocycles. The Morgan fingerprint density at radius 3 is 2.71 bits per heavy atom. The van der Waals surface area contributed by atoms with E-state index in [1.165, 1.54) is 0 Å². The summed E-state index contributed by atoms with van der Waals surface area (Å²) in [5.74, 6) is 0. The topological polar surface area (TPSA) is 38.0 Å². The van der Waals surface area contributed by atoms with Gasteiger partial charge < -0.3 is 11.1 Å². The van der Waals surface area contributed by atoms with Gasteiger partial charge in [0, 0.05) is 26.5 Å². The third-order valence-electron chi connectivity index (χ3n) is 2.37. The summed E-state index contributed by atoms with van der Waals surface area (Å²) in [6, 6.07) is 13.7. The van der Waals surface area contributed by atoms with Gasteiger partial charge in [-0.1, -0.05) is 23.7 Å². The van der Waals surface area contributed by atoms with Crippen LogP contribution in [0.3, 0.4) is 0 Å². The second-order valence-electron chi connectivity index (χ2n) is 3.72. The summed E-state index contributed by atoms with van der Waals surface area (Å²) in [4.78, 5) is 0. The standard InChI is InChI=1S/C13H12ClIN2/c14-10-3-1-2-9(6-10)8-17-13-5-4-11(16)7-12(13)15/h1-7,17H,8,16H2. The number of halogens is 2. The monoisotopic (exact) mass is 358 g/mol. The lowest BCUT2D eigenvalue weighted by molar-refractivity contribution is 1.15. The van der Waals surface area contributed by atoms with Crippen LogP contribution in [0.2, 0.25) is 5.02 Å². The third-order valence-corrected chi connectivity index (χ3v) is 3.49. The molecule has 3 N–H and O–H groups in total. The molecule has 0 unspecified atom stereocenters. The van der Waals surface area contributed by atoms with Crippen LogP contribution in [0.25, 0.3) is 0 Å². The lowest BCUT2D eigenvalue weighted by atomic mass is 10.2. The molecule has 0 heterocycles. The Kier molecular flexibility index (Phi) is 4.12. The summed E-state index contributed by atoms with van der Waals surface area (Å²) in [6.07, 6.45) is 0. The molecule has 88 valence electrons. The second-order valence-corrected chi connectivity index (χ2v) is 5.32. The van der Waals surface area contributed by atoms with E-state index in [0.29, 0.717) is 0 Å². The maximum Gasteiger partial charge on any atom is 0.0480 e. The van der Waals surface area contributed by atoms with Gasteiger partial charge in [0.15, 0.2) is 0 Å². The SMILES string of the molecule is Nc1ccc(NCc2cccc(Cl)c2)c(I)c1. The van der Waals surface area contributed by atoms with Gasteiger partial charge >= 0.3 is 0 Å². The van der Waals surface area contributed by atoms with E-state index in [0.717, 1.165) is 32.1 Å². The van der Waals surface area contributed by atoms with E-state index in [1.807, 2.05) is 42.5 Å². The molecular formula is C13H12ClIN2. The molecule has 0 atom stereocenters. The predicted octanol–water partition coefficient (Wildman–Crippen LogP) is 4.14. The van der Waals surface area contributed by atoms with Crippen molar-refractivity contribution in [2.45, 2.75) is 6.54 Å². The highest BCUT2D eigenvalue weighted by Gasteiger charge is 2.00. The molecule has 0 aliphatic rings. The van der Waals surface area contributed by atoms with Gasteiger partial charge in [-0.2, -0.15) is 0 Å². The molecule has 0 radical (unpaired) electrons. The Labute approximate surface area is 119 Å². The first-order valence-electron chi connectivity index (χ1n) is 5.18. The largest absolute Gasteiger partial charge is 0.399 e. The van der Waals surface area contributed by atoms with Crippen LogP contribution in [-0.2, 0) is 6.54 Å². The molecule has 2 nitrogen and oxygen atoms in total. The highest BCUT2D eigenvalue weighted by molar-refractivity contribution is 14.1. The van der Waals surface area contributed by atoms with Crippen molar-refractivity contribution >= 4 is 45.6 Å². The van der Waals surface area contributed by atoms with Crippen LogP contribution in [0.1, 0.15) is 5.56 Å². The fourth-order valence-electron chi connectivity index (χ4n) is 1.52. The van der Waals surface area contributed by atoms with E-state index in [1.54, 1.807) is 0 Å². The average Bonchev–Trinajstić information content (AvgIpc) is 2.28. The van der Waals surface area contributed by atoms with E-state index < -0.39 is 0 Å². The van der Waals surface area contributed by atoms with E-state index in [4.69, 9.17) is 17.3 Å². The predicted molar refractivity (Wildman–Crippen MR) is 82.4 cm³/mol. The molecule has 0 aliphatic heterocycles. The zero-order valence-corrected chi connectivity index (χ0v) is 12.0. The Hall–Kier alpha value is -0.940. The minimum absolute atomic E-state index is 0.750. The quantitative estimate of drug-likeness (QED) is 0.639. The first kappa shape index (κ1) is 12.5. The molecule has 0 aromatic heterocycles. The summed E-state index contributed by atoms with van der Waals surface area (Å²) < 4.78 is 1.12. The Balaban J connectivity index is 2.07. The summed E-state index contributed by atoms with van der Waals surface area (Å²) >= 11 is 8.20. The highest BCUT2D eigenvalue weighted by Crippen LogP contribution is 2.21.